The minimum absolute atomic E-state index is 0.121. The van der Waals surface area contributed by atoms with Gasteiger partial charge in [-0.05, 0) is 39.2 Å². The van der Waals surface area contributed by atoms with E-state index in [1.165, 1.54) is 0 Å². The van der Waals surface area contributed by atoms with Crippen molar-refractivity contribution in [2.45, 2.75) is 44.8 Å². The van der Waals surface area contributed by atoms with Gasteiger partial charge in [0.1, 0.15) is 5.54 Å². The molecule has 1 aliphatic rings. The van der Waals surface area contributed by atoms with Crippen molar-refractivity contribution in [1.29, 1.82) is 0 Å². The van der Waals surface area contributed by atoms with Gasteiger partial charge >= 0.3 is 5.97 Å². The van der Waals surface area contributed by atoms with Crippen molar-refractivity contribution < 1.29 is 14.6 Å². The average Bonchev–Trinajstić information content (AvgIpc) is 3.03. The fourth-order valence-electron chi connectivity index (χ4n) is 1.71. The number of likely N-dealkylation sites (N-methyl/N-ethyl adjacent to an activating group) is 1. The van der Waals surface area contributed by atoms with Crippen LogP contribution < -0.4 is 5.32 Å². The first kappa shape index (κ1) is 12.5. The van der Waals surface area contributed by atoms with Crippen LogP contribution in [0.15, 0.2) is 0 Å². The molecule has 1 rings (SSSR count). The lowest BCUT2D eigenvalue weighted by molar-refractivity contribution is -0.150. The number of ether oxygens (including phenoxy) is 1. The van der Waals surface area contributed by atoms with E-state index >= 15 is 0 Å². The van der Waals surface area contributed by atoms with E-state index in [0.717, 1.165) is 19.3 Å². The molecule has 15 heavy (non-hydrogen) atoms. The SMILES string of the molecule is CCC(C)OCC(NC)(C(=O)O)C1CC1. The molecule has 0 aromatic rings. The number of carboxylic acid groups (broad SMARTS) is 1. The van der Waals surface area contributed by atoms with E-state index in [2.05, 4.69) is 5.32 Å². The maximum Gasteiger partial charge on any atom is 0.326 e. The van der Waals surface area contributed by atoms with E-state index in [-0.39, 0.29) is 18.6 Å². The predicted octanol–water partition coefficient (Wildman–Crippen LogP) is 1.25. The highest BCUT2D eigenvalue weighted by Crippen LogP contribution is 2.40. The van der Waals surface area contributed by atoms with Crippen LogP contribution in [0.25, 0.3) is 0 Å². The number of hydrogen-bond acceptors (Lipinski definition) is 3. The summed E-state index contributed by atoms with van der Waals surface area (Å²) in [4.78, 5) is 11.3. The molecule has 1 aliphatic carbocycles. The summed E-state index contributed by atoms with van der Waals surface area (Å²) in [6, 6.07) is 0. The molecule has 2 atom stereocenters. The summed E-state index contributed by atoms with van der Waals surface area (Å²) in [5.74, 6) is -0.570. The fourth-order valence-corrected chi connectivity index (χ4v) is 1.71. The largest absolute Gasteiger partial charge is 0.480 e. The monoisotopic (exact) mass is 215 g/mol. The lowest BCUT2D eigenvalue weighted by atomic mass is 9.94. The van der Waals surface area contributed by atoms with Gasteiger partial charge in [-0.1, -0.05) is 6.92 Å². The lowest BCUT2D eigenvalue weighted by Gasteiger charge is -2.30. The molecular weight excluding hydrogens is 194 g/mol. The molecule has 1 saturated carbocycles. The maximum atomic E-state index is 11.3. The number of nitrogens with one attached hydrogen (secondary N) is 1. The number of carboxylic acids is 1. The summed E-state index contributed by atoms with van der Waals surface area (Å²) in [5, 5.41) is 12.2. The highest BCUT2D eigenvalue weighted by Gasteiger charge is 2.50. The topological polar surface area (TPSA) is 58.6 Å². The smallest absolute Gasteiger partial charge is 0.326 e. The van der Waals surface area contributed by atoms with Crippen LogP contribution in [0.2, 0.25) is 0 Å². The summed E-state index contributed by atoms with van der Waals surface area (Å²) in [6.45, 7) is 4.26. The Labute approximate surface area is 91.0 Å². The Balaban J connectivity index is 2.59. The van der Waals surface area contributed by atoms with Crippen molar-refractivity contribution in [3.8, 4) is 0 Å². The van der Waals surface area contributed by atoms with Gasteiger partial charge in [0, 0.05) is 0 Å². The molecular formula is C11H21NO3. The van der Waals surface area contributed by atoms with E-state index in [1.807, 2.05) is 13.8 Å². The third-order valence-electron chi connectivity index (χ3n) is 3.27. The Kier molecular flexibility index (Phi) is 4.11. The summed E-state index contributed by atoms with van der Waals surface area (Å²) >= 11 is 0. The van der Waals surface area contributed by atoms with Gasteiger partial charge in [-0.15, -0.1) is 0 Å². The molecule has 0 aliphatic heterocycles. The van der Waals surface area contributed by atoms with Crippen molar-refractivity contribution in [3.63, 3.8) is 0 Å². The Morgan fingerprint density at radius 2 is 2.27 bits per heavy atom. The van der Waals surface area contributed by atoms with Gasteiger partial charge in [-0.25, -0.2) is 0 Å². The molecule has 0 saturated heterocycles. The Hall–Kier alpha value is -0.610. The Morgan fingerprint density at radius 3 is 2.60 bits per heavy atom. The van der Waals surface area contributed by atoms with Crippen LogP contribution >= 0.6 is 0 Å². The third kappa shape index (κ3) is 2.69. The molecule has 0 amide bonds. The van der Waals surface area contributed by atoms with E-state index in [9.17, 15) is 9.90 Å². The van der Waals surface area contributed by atoms with Gasteiger partial charge in [-0.3, -0.25) is 4.79 Å². The molecule has 0 bridgehead atoms. The molecule has 0 aromatic heterocycles. The molecule has 4 nitrogen and oxygen atoms in total. The van der Waals surface area contributed by atoms with Gasteiger partial charge in [0.25, 0.3) is 0 Å². The van der Waals surface area contributed by atoms with E-state index in [0.29, 0.717) is 0 Å². The summed E-state index contributed by atoms with van der Waals surface area (Å²) in [7, 11) is 1.70. The van der Waals surface area contributed by atoms with Crippen molar-refractivity contribution in [3.05, 3.63) is 0 Å². The van der Waals surface area contributed by atoms with Crippen molar-refractivity contribution in [1.82, 2.24) is 5.32 Å². The molecule has 4 heteroatoms. The average molecular weight is 215 g/mol. The zero-order valence-electron chi connectivity index (χ0n) is 9.75. The molecule has 0 heterocycles. The maximum absolute atomic E-state index is 11.3. The van der Waals surface area contributed by atoms with Crippen molar-refractivity contribution in [2.24, 2.45) is 5.92 Å². The van der Waals surface area contributed by atoms with Crippen LogP contribution in [0.5, 0.6) is 0 Å². The minimum Gasteiger partial charge on any atom is -0.480 e. The zero-order chi connectivity index (χ0) is 11.5. The normalized spacial score (nSPS) is 22.1. The molecule has 0 radical (unpaired) electrons. The van der Waals surface area contributed by atoms with Gasteiger partial charge in [-0.2, -0.15) is 0 Å². The van der Waals surface area contributed by atoms with Gasteiger partial charge in [0.05, 0.1) is 12.7 Å². The van der Waals surface area contributed by atoms with Crippen LogP contribution in [0, 0.1) is 5.92 Å². The number of carbonyl (C=O) groups is 1. The number of aliphatic carboxylic acids is 1. The van der Waals surface area contributed by atoms with Gasteiger partial charge < -0.3 is 15.2 Å². The zero-order valence-corrected chi connectivity index (χ0v) is 9.75. The predicted molar refractivity (Wildman–Crippen MR) is 57.9 cm³/mol. The van der Waals surface area contributed by atoms with Crippen molar-refractivity contribution >= 4 is 5.97 Å². The van der Waals surface area contributed by atoms with Crippen LogP contribution in [0.1, 0.15) is 33.1 Å². The van der Waals surface area contributed by atoms with E-state index in [1.54, 1.807) is 7.05 Å². The highest BCUT2D eigenvalue weighted by atomic mass is 16.5. The second kappa shape index (κ2) is 4.94. The quantitative estimate of drug-likeness (QED) is 0.671. The Morgan fingerprint density at radius 1 is 1.67 bits per heavy atom. The number of rotatable bonds is 7. The van der Waals surface area contributed by atoms with Crippen LogP contribution in [-0.2, 0) is 9.53 Å². The first-order chi connectivity index (χ1) is 7.06. The summed E-state index contributed by atoms with van der Waals surface area (Å²) < 4.78 is 5.57. The Bertz CT molecular complexity index is 228. The van der Waals surface area contributed by atoms with E-state index in [4.69, 9.17) is 4.74 Å². The highest BCUT2D eigenvalue weighted by molar-refractivity contribution is 5.80. The lowest BCUT2D eigenvalue weighted by Crippen LogP contribution is -2.56. The summed E-state index contributed by atoms with van der Waals surface area (Å²) in [6.07, 6.45) is 2.99. The van der Waals surface area contributed by atoms with Crippen LogP contribution in [0.4, 0.5) is 0 Å². The molecule has 88 valence electrons. The molecule has 2 unspecified atom stereocenters. The van der Waals surface area contributed by atoms with Gasteiger partial charge in [0.15, 0.2) is 0 Å². The standard InChI is InChI=1S/C11H21NO3/c1-4-8(2)15-7-11(12-3,10(13)14)9-5-6-9/h8-9,12H,4-7H2,1-3H3,(H,13,14). The number of hydrogen-bond donors (Lipinski definition) is 2. The van der Waals surface area contributed by atoms with Gasteiger partial charge in [0.2, 0.25) is 0 Å². The second-order valence-corrected chi connectivity index (χ2v) is 4.33. The molecule has 0 spiro atoms. The fraction of sp³-hybridized carbons (Fsp3) is 0.909. The molecule has 2 N–H and O–H groups in total. The molecule has 0 aromatic carbocycles. The first-order valence-electron chi connectivity index (χ1n) is 5.60. The van der Waals surface area contributed by atoms with E-state index < -0.39 is 11.5 Å². The third-order valence-corrected chi connectivity index (χ3v) is 3.27. The summed E-state index contributed by atoms with van der Waals surface area (Å²) in [5.41, 5.74) is -0.872. The second-order valence-electron chi connectivity index (χ2n) is 4.33. The van der Waals surface area contributed by atoms with Crippen molar-refractivity contribution in [2.75, 3.05) is 13.7 Å². The first-order valence-corrected chi connectivity index (χ1v) is 5.60. The van der Waals surface area contributed by atoms with Crippen LogP contribution in [0.3, 0.4) is 0 Å². The van der Waals surface area contributed by atoms with Crippen LogP contribution in [-0.4, -0.2) is 36.4 Å². The minimum atomic E-state index is -0.872. The molecule has 1 fully saturated rings.